The SMILES string of the molecule is CCOC(CCOc1nc(N2CCN(C(=O)c3cccc(-c4ccccc4)c3)CC2)c2cc(CC)sc2n1)OCC. The van der Waals surface area contributed by atoms with Crippen LogP contribution < -0.4 is 9.64 Å². The molecule has 1 fully saturated rings. The molecule has 9 heteroatoms. The Kier molecular flexibility index (Phi) is 9.82. The molecule has 0 radical (unpaired) electrons. The molecule has 0 spiro atoms. The maximum absolute atomic E-state index is 13.4. The molecular formula is C32H38N4O4S. The van der Waals surface area contributed by atoms with Crippen molar-refractivity contribution in [3.63, 3.8) is 0 Å². The summed E-state index contributed by atoms with van der Waals surface area (Å²) in [6, 6.07) is 20.6. The largest absolute Gasteiger partial charge is 0.463 e. The minimum atomic E-state index is -0.305. The van der Waals surface area contributed by atoms with Crippen LogP contribution in [0.5, 0.6) is 6.01 Å². The lowest BCUT2D eigenvalue weighted by atomic mass is 10.0. The first-order valence-corrected chi connectivity index (χ1v) is 15.3. The van der Waals surface area contributed by atoms with Crippen LogP contribution >= 0.6 is 11.3 Å². The number of thiophene rings is 1. The van der Waals surface area contributed by atoms with Crippen LogP contribution in [0.15, 0.2) is 60.7 Å². The number of anilines is 1. The predicted octanol–water partition coefficient (Wildman–Crippen LogP) is 6.05. The number of carbonyl (C=O) groups is 1. The molecule has 216 valence electrons. The fourth-order valence-electron chi connectivity index (χ4n) is 5.02. The Morgan fingerprint density at radius 3 is 2.34 bits per heavy atom. The molecule has 1 aliphatic rings. The molecule has 1 saturated heterocycles. The number of rotatable bonds is 12. The molecule has 2 aromatic carbocycles. The van der Waals surface area contributed by atoms with E-state index < -0.39 is 0 Å². The fraction of sp³-hybridized carbons (Fsp3) is 0.406. The summed E-state index contributed by atoms with van der Waals surface area (Å²) in [6.45, 7) is 10.2. The zero-order valence-electron chi connectivity index (χ0n) is 24.0. The van der Waals surface area contributed by atoms with Crippen molar-refractivity contribution in [3.05, 3.63) is 71.1 Å². The average molecular weight is 575 g/mol. The number of aromatic nitrogens is 2. The van der Waals surface area contributed by atoms with Crippen LogP contribution in [0.4, 0.5) is 5.82 Å². The third-order valence-electron chi connectivity index (χ3n) is 7.12. The summed E-state index contributed by atoms with van der Waals surface area (Å²) in [6.07, 6.45) is 1.22. The Labute approximate surface area is 245 Å². The topological polar surface area (TPSA) is 77.0 Å². The summed E-state index contributed by atoms with van der Waals surface area (Å²) in [5.74, 6) is 0.923. The van der Waals surface area contributed by atoms with Crippen molar-refractivity contribution in [1.29, 1.82) is 0 Å². The summed E-state index contributed by atoms with van der Waals surface area (Å²) in [7, 11) is 0. The van der Waals surface area contributed by atoms with E-state index in [1.807, 2.05) is 61.2 Å². The average Bonchev–Trinajstić information content (AvgIpc) is 3.44. The normalized spacial score (nSPS) is 13.8. The van der Waals surface area contributed by atoms with Gasteiger partial charge in [0, 0.05) is 56.3 Å². The Morgan fingerprint density at radius 2 is 1.63 bits per heavy atom. The number of nitrogens with zero attached hydrogens (tertiary/aromatic N) is 4. The zero-order valence-corrected chi connectivity index (χ0v) is 24.9. The van der Waals surface area contributed by atoms with Gasteiger partial charge in [-0.2, -0.15) is 9.97 Å². The molecule has 0 saturated carbocycles. The Hall–Kier alpha value is -3.53. The molecule has 0 unspecified atom stereocenters. The van der Waals surface area contributed by atoms with E-state index in [1.165, 1.54) is 4.88 Å². The molecule has 0 N–H and O–H groups in total. The minimum absolute atomic E-state index is 0.0567. The van der Waals surface area contributed by atoms with Gasteiger partial charge in [-0.05, 0) is 49.6 Å². The standard InChI is InChI=1S/C32H38N4O4S/c1-4-26-22-27-29(33-32(34-30(27)41-26)40-20-15-28(38-5-2)39-6-3)35-16-18-36(19-17-35)31(37)25-14-10-13-24(21-25)23-11-8-7-9-12-23/h7-14,21-22,28H,4-6,15-20H2,1-3H3. The van der Waals surface area contributed by atoms with Crippen molar-refractivity contribution in [3.8, 4) is 17.1 Å². The minimum Gasteiger partial charge on any atom is -0.463 e. The monoisotopic (exact) mass is 574 g/mol. The van der Waals surface area contributed by atoms with Gasteiger partial charge in [0.1, 0.15) is 10.6 Å². The van der Waals surface area contributed by atoms with Gasteiger partial charge in [0.15, 0.2) is 6.29 Å². The molecule has 2 aromatic heterocycles. The molecule has 1 amide bonds. The van der Waals surface area contributed by atoms with E-state index in [0.29, 0.717) is 64.0 Å². The van der Waals surface area contributed by atoms with Gasteiger partial charge in [-0.25, -0.2) is 0 Å². The van der Waals surface area contributed by atoms with Crippen LogP contribution in [0.3, 0.4) is 0 Å². The van der Waals surface area contributed by atoms with Crippen molar-refractivity contribution in [1.82, 2.24) is 14.9 Å². The number of hydrogen-bond acceptors (Lipinski definition) is 8. The van der Waals surface area contributed by atoms with Crippen LogP contribution in [0.25, 0.3) is 21.3 Å². The summed E-state index contributed by atoms with van der Waals surface area (Å²) >= 11 is 1.68. The zero-order chi connectivity index (χ0) is 28.6. The number of ether oxygens (including phenoxy) is 3. The van der Waals surface area contributed by atoms with E-state index in [1.54, 1.807) is 11.3 Å². The number of benzene rings is 2. The second kappa shape index (κ2) is 13.9. The van der Waals surface area contributed by atoms with Gasteiger partial charge in [0.25, 0.3) is 5.91 Å². The highest BCUT2D eigenvalue weighted by atomic mass is 32.1. The van der Waals surface area contributed by atoms with Gasteiger partial charge in [-0.15, -0.1) is 11.3 Å². The first-order valence-electron chi connectivity index (χ1n) is 14.5. The number of amides is 1. The molecule has 3 heterocycles. The van der Waals surface area contributed by atoms with E-state index >= 15 is 0 Å². The third-order valence-corrected chi connectivity index (χ3v) is 8.30. The van der Waals surface area contributed by atoms with Crippen LogP contribution in [-0.4, -0.2) is 73.1 Å². The number of fused-ring (bicyclic) bond motifs is 1. The van der Waals surface area contributed by atoms with E-state index in [0.717, 1.165) is 33.6 Å². The highest BCUT2D eigenvalue weighted by Crippen LogP contribution is 2.33. The Bertz CT molecular complexity index is 1430. The number of carbonyl (C=O) groups excluding carboxylic acids is 1. The summed E-state index contributed by atoms with van der Waals surface area (Å²) in [4.78, 5) is 29.4. The molecule has 0 atom stereocenters. The van der Waals surface area contributed by atoms with Crippen molar-refractivity contribution in [2.24, 2.45) is 0 Å². The Morgan fingerprint density at radius 1 is 0.902 bits per heavy atom. The Balaban J connectivity index is 1.28. The second-order valence-corrected chi connectivity index (χ2v) is 10.9. The molecule has 5 rings (SSSR count). The van der Waals surface area contributed by atoms with Crippen LogP contribution in [0.1, 0.15) is 42.4 Å². The van der Waals surface area contributed by atoms with Crippen LogP contribution in [0.2, 0.25) is 0 Å². The highest BCUT2D eigenvalue weighted by molar-refractivity contribution is 7.18. The van der Waals surface area contributed by atoms with Gasteiger partial charge in [-0.3, -0.25) is 4.79 Å². The molecule has 0 aliphatic carbocycles. The molecule has 4 aromatic rings. The number of hydrogen-bond donors (Lipinski definition) is 0. The second-order valence-electron chi connectivity index (χ2n) is 9.82. The van der Waals surface area contributed by atoms with E-state index in [2.05, 4.69) is 30.0 Å². The molecule has 41 heavy (non-hydrogen) atoms. The first-order chi connectivity index (χ1) is 20.1. The van der Waals surface area contributed by atoms with Crippen molar-refractivity contribution in [2.75, 3.05) is 50.9 Å². The van der Waals surface area contributed by atoms with Gasteiger partial charge < -0.3 is 24.0 Å². The summed E-state index contributed by atoms with van der Waals surface area (Å²) in [5, 5.41) is 1.04. The van der Waals surface area contributed by atoms with Crippen molar-refractivity contribution < 1.29 is 19.0 Å². The van der Waals surface area contributed by atoms with Crippen LogP contribution in [-0.2, 0) is 15.9 Å². The van der Waals surface area contributed by atoms with Gasteiger partial charge >= 0.3 is 6.01 Å². The lowest BCUT2D eigenvalue weighted by Crippen LogP contribution is -2.49. The quantitative estimate of drug-likeness (QED) is 0.191. The third kappa shape index (κ3) is 7.04. The van der Waals surface area contributed by atoms with E-state index in [-0.39, 0.29) is 12.2 Å². The highest BCUT2D eigenvalue weighted by Gasteiger charge is 2.26. The fourth-order valence-corrected chi connectivity index (χ4v) is 5.97. The number of piperazine rings is 1. The molecule has 1 aliphatic heterocycles. The van der Waals surface area contributed by atoms with E-state index in [9.17, 15) is 4.79 Å². The van der Waals surface area contributed by atoms with Gasteiger partial charge in [0.05, 0.1) is 12.0 Å². The van der Waals surface area contributed by atoms with Gasteiger partial charge in [-0.1, -0.05) is 49.4 Å². The molecular weight excluding hydrogens is 536 g/mol. The maximum Gasteiger partial charge on any atom is 0.319 e. The van der Waals surface area contributed by atoms with Crippen molar-refractivity contribution in [2.45, 2.75) is 39.9 Å². The first kappa shape index (κ1) is 29.0. The molecule has 8 nitrogen and oxygen atoms in total. The number of aryl methyl sites for hydroxylation is 1. The predicted molar refractivity (Wildman–Crippen MR) is 164 cm³/mol. The van der Waals surface area contributed by atoms with E-state index in [4.69, 9.17) is 24.2 Å². The van der Waals surface area contributed by atoms with Gasteiger partial charge in [0.2, 0.25) is 0 Å². The van der Waals surface area contributed by atoms with Crippen LogP contribution in [0, 0.1) is 0 Å². The smallest absolute Gasteiger partial charge is 0.319 e. The summed E-state index contributed by atoms with van der Waals surface area (Å²) < 4.78 is 17.3. The van der Waals surface area contributed by atoms with Crippen molar-refractivity contribution >= 4 is 33.3 Å². The lowest BCUT2D eigenvalue weighted by molar-refractivity contribution is -0.143. The summed E-state index contributed by atoms with van der Waals surface area (Å²) in [5.41, 5.74) is 2.86. The maximum atomic E-state index is 13.4. The lowest BCUT2D eigenvalue weighted by Gasteiger charge is -2.35. The molecule has 0 bridgehead atoms.